The van der Waals surface area contributed by atoms with Crippen molar-refractivity contribution >= 4 is 22.6 Å². The molecule has 3 heterocycles. The van der Waals surface area contributed by atoms with Gasteiger partial charge in [-0.1, -0.05) is 24.3 Å². The first-order valence-electron chi connectivity index (χ1n) is 8.76. The molecule has 28 heavy (non-hydrogen) atoms. The van der Waals surface area contributed by atoms with E-state index < -0.39 is 5.63 Å². The Bertz CT molecular complexity index is 1200. The van der Waals surface area contributed by atoms with Crippen LogP contribution < -0.4 is 26.3 Å². The highest BCUT2D eigenvalue weighted by Crippen LogP contribution is 2.36. The summed E-state index contributed by atoms with van der Waals surface area (Å²) in [6.07, 6.45) is 0.371. The smallest absolute Gasteiger partial charge is 0.345 e. The quantitative estimate of drug-likeness (QED) is 0.664. The minimum Gasteiger partial charge on any atom is -0.454 e. The number of fused-ring (bicyclic) bond motifs is 2. The summed E-state index contributed by atoms with van der Waals surface area (Å²) in [5.74, 6) is 1.52. The standard InChI is InChI=1S/C20H16N4O4/c21-20-22-14(11-5-6-17-18(8-11)27-10-26-17)9-15(23-24-20)13-7-12-3-1-2-4-16(12)28-19(13)25/h1-8,14H,9-10H2,(H3,21,22,24)/t14-/m0/s1. The van der Waals surface area contributed by atoms with Gasteiger partial charge >= 0.3 is 5.63 Å². The second kappa shape index (κ2) is 6.41. The maximum absolute atomic E-state index is 12.5. The van der Waals surface area contributed by atoms with Crippen LogP contribution >= 0.6 is 0 Å². The number of para-hydroxylation sites is 1. The van der Waals surface area contributed by atoms with Crippen LogP contribution in [0.4, 0.5) is 0 Å². The van der Waals surface area contributed by atoms with Gasteiger partial charge in [-0.3, -0.25) is 0 Å². The summed E-state index contributed by atoms with van der Waals surface area (Å²) < 4.78 is 16.3. The van der Waals surface area contributed by atoms with Gasteiger partial charge in [0.15, 0.2) is 11.5 Å². The van der Waals surface area contributed by atoms with Gasteiger partial charge in [-0.25, -0.2) is 15.2 Å². The molecule has 8 nitrogen and oxygen atoms in total. The summed E-state index contributed by atoms with van der Waals surface area (Å²) >= 11 is 0. The number of rotatable bonds is 2. The van der Waals surface area contributed by atoms with Crippen LogP contribution in [-0.2, 0) is 0 Å². The zero-order valence-electron chi connectivity index (χ0n) is 14.7. The van der Waals surface area contributed by atoms with Crippen molar-refractivity contribution in [3.05, 3.63) is 70.1 Å². The second-order valence-electron chi connectivity index (χ2n) is 6.50. The lowest BCUT2D eigenvalue weighted by molar-refractivity contribution is 0.174. The number of benzene rings is 2. The van der Waals surface area contributed by atoms with Crippen LogP contribution in [0.2, 0.25) is 0 Å². The van der Waals surface area contributed by atoms with Crippen LogP contribution in [0, 0.1) is 0 Å². The summed E-state index contributed by atoms with van der Waals surface area (Å²) in [5, 5.41) is 5.10. The molecule has 1 atom stereocenters. The van der Waals surface area contributed by atoms with E-state index in [4.69, 9.17) is 19.6 Å². The van der Waals surface area contributed by atoms with Gasteiger partial charge in [0.05, 0.1) is 17.3 Å². The van der Waals surface area contributed by atoms with Crippen molar-refractivity contribution in [2.45, 2.75) is 12.5 Å². The van der Waals surface area contributed by atoms with E-state index in [9.17, 15) is 4.79 Å². The van der Waals surface area contributed by atoms with E-state index in [1.165, 1.54) is 0 Å². The lowest BCUT2D eigenvalue weighted by Gasteiger charge is -2.13. The average molecular weight is 376 g/mol. The summed E-state index contributed by atoms with van der Waals surface area (Å²) in [6, 6.07) is 14.4. The van der Waals surface area contributed by atoms with E-state index in [2.05, 4.69) is 15.5 Å². The Balaban J connectivity index is 1.55. The van der Waals surface area contributed by atoms with E-state index in [1.54, 1.807) is 12.1 Å². The molecule has 0 radical (unpaired) electrons. The van der Waals surface area contributed by atoms with Gasteiger partial charge in [-0.05, 0) is 29.8 Å². The van der Waals surface area contributed by atoms with Crippen molar-refractivity contribution in [1.29, 1.82) is 0 Å². The summed E-state index contributed by atoms with van der Waals surface area (Å²) in [4.78, 5) is 17.0. The SMILES string of the molecule is NC1=N[C@H](c2ccc3c(c2)OCO3)CC(c2cc3ccccc3oc2=O)=NN1. The Labute approximate surface area is 159 Å². The predicted octanol–water partition coefficient (Wildman–Crippen LogP) is 2.28. The van der Waals surface area contributed by atoms with E-state index >= 15 is 0 Å². The number of aliphatic imine (C=N–C) groups is 1. The molecule has 140 valence electrons. The molecule has 8 heteroatoms. The van der Waals surface area contributed by atoms with E-state index in [0.717, 1.165) is 10.9 Å². The molecule has 3 N–H and O–H groups in total. The van der Waals surface area contributed by atoms with Crippen molar-refractivity contribution in [1.82, 2.24) is 5.43 Å². The Morgan fingerprint density at radius 3 is 2.86 bits per heavy atom. The van der Waals surface area contributed by atoms with Gasteiger partial charge in [-0.15, -0.1) is 0 Å². The lowest BCUT2D eigenvalue weighted by Crippen LogP contribution is -2.27. The Kier molecular flexibility index (Phi) is 3.75. The van der Waals surface area contributed by atoms with Crippen LogP contribution in [0.25, 0.3) is 11.0 Å². The molecule has 1 aromatic heterocycles. The molecule has 0 saturated heterocycles. The van der Waals surface area contributed by atoms with Gasteiger partial charge in [0.25, 0.3) is 0 Å². The number of nitrogens with zero attached hydrogens (tertiary/aromatic N) is 2. The van der Waals surface area contributed by atoms with Gasteiger partial charge in [-0.2, -0.15) is 5.10 Å². The van der Waals surface area contributed by atoms with Gasteiger partial charge < -0.3 is 19.6 Å². The zero-order valence-corrected chi connectivity index (χ0v) is 14.7. The van der Waals surface area contributed by atoms with Crippen LogP contribution in [0.5, 0.6) is 11.5 Å². The number of hydrogen-bond donors (Lipinski definition) is 2. The minimum atomic E-state index is -0.454. The van der Waals surface area contributed by atoms with E-state index in [-0.39, 0.29) is 18.8 Å². The normalized spacial score (nSPS) is 18.2. The first kappa shape index (κ1) is 16.4. The molecular weight excluding hydrogens is 360 g/mol. The Morgan fingerprint density at radius 1 is 1.07 bits per heavy atom. The fourth-order valence-corrected chi connectivity index (χ4v) is 3.34. The van der Waals surface area contributed by atoms with Crippen LogP contribution in [-0.4, -0.2) is 18.5 Å². The van der Waals surface area contributed by atoms with Gasteiger partial charge in [0, 0.05) is 11.8 Å². The number of ether oxygens (including phenoxy) is 2. The van der Waals surface area contributed by atoms with Crippen LogP contribution in [0.15, 0.2) is 67.8 Å². The van der Waals surface area contributed by atoms with Crippen molar-refractivity contribution in [2.24, 2.45) is 15.8 Å². The highest BCUT2D eigenvalue weighted by Gasteiger charge is 2.24. The van der Waals surface area contributed by atoms with Gasteiger partial charge in [0.1, 0.15) is 5.58 Å². The number of hydrazone groups is 1. The molecule has 0 unspecified atom stereocenters. The maximum atomic E-state index is 12.5. The molecule has 0 fully saturated rings. The maximum Gasteiger partial charge on any atom is 0.345 e. The van der Waals surface area contributed by atoms with E-state index in [1.807, 2.05) is 36.4 Å². The van der Waals surface area contributed by atoms with Crippen molar-refractivity contribution in [3.63, 3.8) is 0 Å². The van der Waals surface area contributed by atoms with Crippen LogP contribution in [0.1, 0.15) is 23.6 Å². The first-order chi connectivity index (χ1) is 13.7. The fraction of sp³-hybridized carbons (Fsp3) is 0.150. The molecule has 0 aliphatic carbocycles. The number of guanidine groups is 1. The molecule has 2 aromatic carbocycles. The summed E-state index contributed by atoms with van der Waals surface area (Å²) in [6.45, 7) is 0.196. The summed E-state index contributed by atoms with van der Waals surface area (Å²) in [7, 11) is 0. The predicted molar refractivity (Wildman–Crippen MR) is 104 cm³/mol. The monoisotopic (exact) mass is 376 g/mol. The van der Waals surface area contributed by atoms with Crippen molar-refractivity contribution in [2.75, 3.05) is 6.79 Å². The fourth-order valence-electron chi connectivity index (χ4n) is 3.34. The minimum absolute atomic E-state index is 0.169. The van der Waals surface area contributed by atoms with E-state index in [0.29, 0.717) is 34.8 Å². The third kappa shape index (κ3) is 2.84. The molecule has 2 aliphatic heterocycles. The molecule has 0 spiro atoms. The average Bonchev–Trinajstić information content (AvgIpc) is 3.09. The number of hydrogen-bond acceptors (Lipinski definition) is 8. The third-order valence-electron chi connectivity index (χ3n) is 4.72. The highest BCUT2D eigenvalue weighted by molar-refractivity contribution is 6.03. The Morgan fingerprint density at radius 2 is 1.93 bits per heavy atom. The molecule has 0 saturated carbocycles. The highest BCUT2D eigenvalue weighted by atomic mass is 16.7. The summed E-state index contributed by atoms with van der Waals surface area (Å²) in [5.41, 5.74) is 10.5. The number of nitrogens with one attached hydrogen (secondary N) is 1. The lowest BCUT2D eigenvalue weighted by atomic mass is 9.97. The molecule has 0 amide bonds. The third-order valence-corrected chi connectivity index (χ3v) is 4.72. The molecule has 5 rings (SSSR count). The zero-order chi connectivity index (χ0) is 19.1. The second-order valence-corrected chi connectivity index (χ2v) is 6.50. The topological polar surface area (TPSA) is 111 Å². The molecular formula is C20H16N4O4. The van der Waals surface area contributed by atoms with Gasteiger partial charge in [0.2, 0.25) is 12.8 Å². The van der Waals surface area contributed by atoms with Crippen LogP contribution in [0.3, 0.4) is 0 Å². The first-order valence-corrected chi connectivity index (χ1v) is 8.76. The Hall–Kier alpha value is -3.81. The van der Waals surface area contributed by atoms with Crippen molar-refractivity contribution < 1.29 is 13.9 Å². The largest absolute Gasteiger partial charge is 0.454 e. The molecule has 3 aromatic rings. The molecule has 0 bridgehead atoms. The van der Waals surface area contributed by atoms with Crippen molar-refractivity contribution in [3.8, 4) is 11.5 Å². The molecule has 2 aliphatic rings. The number of nitrogens with two attached hydrogens (primary N) is 1.